The van der Waals surface area contributed by atoms with Crippen LogP contribution < -0.4 is 0 Å². The molecule has 0 aliphatic heterocycles. The van der Waals surface area contributed by atoms with Crippen LogP contribution in [-0.4, -0.2) is 20.0 Å². The van der Waals surface area contributed by atoms with Crippen LogP contribution in [0.3, 0.4) is 0 Å². The molecular weight excluding hydrogens is 161 g/mol. The Balaban J connectivity index is 2.95. The van der Waals surface area contributed by atoms with Gasteiger partial charge >= 0.3 is 0 Å². The van der Waals surface area contributed by atoms with Gasteiger partial charge in [-0.3, -0.25) is 0 Å². The number of halogens is 4. The third kappa shape index (κ3) is 6.66. The second kappa shape index (κ2) is 3.63. The van der Waals surface area contributed by atoms with Gasteiger partial charge in [0.2, 0.25) is 6.05 Å². The van der Waals surface area contributed by atoms with Crippen LogP contribution in [-0.2, 0) is 0 Å². The molecule has 0 saturated heterocycles. The lowest BCUT2D eigenvalue weighted by Gasteiger charge is -1.93. The molecule has 5 heteroatoms. The Morgan fingerprint density at radius 3 is 1.71 bits per heavy atom. The summed E-state index contributed by atoms with van der Waals surface area (Å²) in [5, 5.41) is 0. The van der Waals surface area contributed by atoms with Crippen molar-refractivity contribution in [1.29, 1.82) is 0 Å². The van der Waals surface area contributed by atoms with Crippen molar-refractivity contribution in [2.45, 2.75) is 10.5 Å². The van der Waals surface area contributed by atoms with E-state index >= 15 is 0 Å². The molecule has 7 heavy (non-hydrogen) atoms. The summed E-state index contributed by atoms with van der Waals surface area (Å²) in [7, 11) is -0.657. The van der Waals surface area contributed by atoms with Crippen LogP contribution in [0.15, 0.2) is 0 Å². The summed E-state index contributed by atoms with van der Waals surface area (Å²) in [6.07, 6.45) is 0. The maximum absolute atomic E-state index is 11.1. The van der Waals surface area contributed by atoms with E-state index in [2.05, 4.69) is 0 Å². The van der Waals surface area contributed by atoms with E-state index in [0.29, 0.717) is 0 Å². The molecule has 0 aliphatic rings. The Kier molecular flexibility index (Phi) is 3.97. The first kappa shape index (κ1) is 7.66. The van der Waals surface area contributed by atoms with Gasteiger partial charge in [0.1, 0.15) is 0 Å². The summed E-state index contributed by atoms with van der Waals surface area (Å²) in [5.74, 6) is 0. The maximum Gasteiger partial charge on any atom is 0.219 e. The Bertz CT molecular complexity index is 43.0. The van der Waals surface area contributed by atoms with E-state index in [4.69, 9.17) is 23.2 Å². The average molecular weight is 163 g/mol. The van der Waals surface area contributed by atoms with Crippen LogP contribution in [0.5, 0.6) is 0 Å². The Morgan fingerprint density at radius 1 is 1.29 bits per heavy atom. The minimum atomic E-state index is -2.36. The molecule has 0 nitrogen and oxygen atoms in total. The summed E-state index contributed by atoms with van der Waals surface area (Å²) in [6.45, 7) is 0. The van der Waals surface area contributed by atoms with Gasteiger partial charge in [0.25, 0.3) is 0 Å². The van der Waals surface area contributed by atoms with E-state index in [1.807, 2.05) is 0 Å². The molecular formula is C2H2Cl2F2Si. The summed E-state index contributed by atoms with van der Waals surface area (Å²) >= 11 is 9.94. The monoisotopic (exact) mass is 162 g/mol. The fraction of sp³-hybridized carbons (Fsp3) is 1.00. The zero-order valence-electron chi connectivity index (χ0n) is 3.17. The van der Waals surface area contributed by atoms with Gasteiger partial charge in [-0.15, -0.1) is 23.2 Å². The normalized spacial score (nSPS) is 11.1. The van der Waals surface area contributed by atoms with Gasteiger partial charge < -0.3 is 0 Å². The van der Waals surface area contributed by atoms with Crippen molar-refractivity contribution in [3.8, 4) is 0 Å². The first-order chi connectivity index (χ1) is 3.13. The highest BCUT2D eigenvalue weighted by atomic mass is 35.5. The van der Waals surface area contributed by atoms with Crippen LogP contribution in [0, 0.1) is 0 Å². The lowest BCUT2D eigenvalue weighted by atomic mass is 11.7. The number of alkyl halides is 4. The quantitative estimate of drug-likeness (QED) is 0.429. The predicted molar refractivity (Wildman–Crippen MR) is 27.3 cm³/mol. The van der Waals surface area contributed by atoms with Gasteiger partial charge in [-0.25, -0.2) is 8.78 Å². The standard InChI is InChI=1S/C2H2Cl2F2Si/c3-1(4)7-2(5)6/h1-2H. The summed E-state index contributed by atoms with van der Waals surface area (Å²) in [5.41, 5.74) is 0. The van der Waals surface area contributed by atoms with Crippen LogP contribution in [0.4, 0.5) is 8.78 Å². The zero-order valence-corrected chi connectivity index (χ0v) is 5.68. The zero-order chi connectivity index (χ0) is 5.86. The van der Waals surface area contributed by atoms with Crippen LogP contribution in [0.2, 0.25) is 0 Å². The molecule has 42 valence electrons. The van der Waals surface area contributed by atoms with Crippen molar-refractivity contribution in [3.63, 3.8) is 0 Å². The van der Waals surface area contributed by atoms with Crippen molar-refractivity contribution in [2.75, 3.05) is 0 Å². The van der Waals surface area contributed by atoms with E-state index in [1.165, 1.54) is 0 Å². The first-order valence-electron chi connectivity index (χ1n) is 1.45. The SMILES string of the molecule is FC(F)[Si]C(Cl)Cl. The lowest BCUT2D eigenvalue weighted by molar-refractivity contribution is 0.238. The molecule has 2 radical (unpaired) electrons. The Morgan fingerprint density at radius 2 is 1.71 bits per heavy atom. The lowest BCUT2D eigenvalue weighted by Crippen LogP contribution is -2.11. The van der Waals surface area contributed by atoms with Gasteiger partial charge in [0.15, 0.2) is 9.52 Å². The fourth-order valence-corrected chi connectivity index (χ4v) is 0.857. The molecule has 0 aromatic carbocycles. The van der Waals surface area contributed by atoms with Crippen molar-refractivity contribution >= 4 is 32.7 Å². The maximum atomic E-state index is 11.1. The smallest absolute Gasteiger partial charge is 0.216 e. The van der Waals surface area contributed by atoms with Gasteiger partial charge in [0, 0.05) is 0 Å². The number of hydrogen-bond donors (Lipinski definition) is 0. The predicted octanol–water partition coefficient (Wildman–Crippen LogP) is 1.67. The fourth-order valence-electron chi connectivity index (χ4n) is 0.0952. The summed E-state index contributed by atoms with van der Waals surface area (Å²) in [6, 6.07) is -2.36. The van der Waals surface area contributed by atoms with Gasteiger partial charge in [-0.1, -0.05) is 0 Å². The highest BCUT2D eigenvalue weighted by molar-refractivity contribution is 6.68. The van der Waals surface area contributed by atoms with Crippen LogP contribution in [0.1, 0.15) is 0 Å². The average Bonchev–Trinajstić information content (AvgIpc) is 1.27. The Labute approximate surface area is 52.6 Å². The molecule has 0 spiro atoms. The molecule has 0 rings (SSSR count). The van der Waals surface area contributed by atoms with E-state index in [-0.39, 0.29) is 0 Å². The largest absolute Gasteiger partial charge is 0.219 e. The molecule has 0 amide bonds. The summed E-state index contributed by atoms with van der Waals surface area (Å²) < 4.78 is 21.4. The number of rotatable bonds is 2. The molecule has 0 atom stereocenters. The Hall–Kier alpha value is 0.657. The van der Waals surface area contributed by atoms with E-state index < -0.39 is 20.0 Å². The van der Waals surface area contributed by atoms with Crippen molar-refractivity contribution < 1.29 is 8.78 Å². The van der Waals surface area contributed by atoms with Gasteiger partial charge in [-0.2, -0.15) is 0 Å². The molecule has 0 heterocycles. The van der Waals surface area contributed by atoms with Crippen LogP contribution in [0.25, 0.3) is 0 Å². The van der Waals surface area contributed by atoms with Gasteiger partial charge in [-0.05, 0) is 0 Å². The molecule has 0 unspecified atom stereocenters. The van der Waals surface area contributed by atoms with E-state index in [0.717, 1.165) is 0 Å². The van der Waals surface area contributed by atoms with Crippen LogP contribution >= 0.6 is 23.2 Å². The molecule has 0 aromatic heterocycles. The number of hydrogen-bond acceptors (Lipinski definition) is 0. The highest BCUT2D eigenvalue weighted by Gasteiger charge is 2.09. The van der Waals surface area contributed by atoms with E-state index in [1.54, 1.807) is 0 Å². The molecule has 0 aromatic rings. The highest BCUT2D eigenvalue weighted by Crippen LogP contribution is 2.03. The molecule has 0 N–H and O–H groups in total. The summed E-state index contributed by atoms with van der Waals surface area (Å²) in [4.78, 5) is 0. The van der Waals surface area contributed by atoms with Gasteiger partial charge in [0.05, 0.1) is 4.46 Å². The minimum absolute atomic E-state index is 0.657. The molecule has 0 aliphatic carbocycles. The van der Waals surface area contributed by atoms with Crippen molar-refractivity contribution in [3.05, 3.63) is 0 Å². The van der Waals surface area contributed by atoms with Crippen molar-refractivity contribution in [2.24, 2.45) is 0 Å². The molecule has 0 saturated carbocycles. The minimum Gasteiger partial charge on any atom is -0.216 e. The third-order valence-corrected chi connectivity index (χ3v) is 1.51. The molecule has 0 bridgehead atoms. The van der Waals surface area contributed by atoms with Crippen molar-refractivity contribution in [1.82, 2.24) is 0 Å². The second-order valence-corrected chi connectivity index (χ2v) is 3.94. The van der Waals surface area contributed by atoms with E-state index in [9.17, 15) is 8.78 Å². The molecule has 0 fully saturated rings. The third-order valence-electron chi connectivity index (χ3n) is 0.252. The first-order valence-corrected chi connectivity index (χ1v) is 3.48. The second-order valence-electron chi connectivity index (χ2n) is 0.768. The topological polar surface area (TPSA) is 0 Å².